The minimum absolute atomic E-state index is 0.0286. The van der Waals surface area contributed by atoms with Crippen molar-refractivity contribution in [3.05, 3.63) is 71.3 Å². The molecule has 0 spiro atoms. The van der Waals surface area contributed by atoms with Gasteiger partial charge in [-0.1, -0.05) is 24.3 Å². The number of rotatable bonds is 7. The van der Waals surface area contributed by atoms with Crippen LogP contribution in [0.15, 0.2) is 48.5 Å². The van der Waals surface area contributed by atoms with Crippen LogP contribution in [0.4, 0.5) is 37.2 Å². The summed E-state index contributed by atoms with van der Waals surface area (Å²) >= 11 is 0.674. The Kier molecular flexibility index (Phi) is 9.04. The van der Waals surface area contributed by atoms with Crippen molar-refractivity contribution in [3.63, 3.8) is 0 Å². The molecule has 2 aromatic heterocycles. The van der Waals surface area contributed by atoms with Crippen LogP contribution in [0.3, 0.4) is 0 Å². The van der Waals surface area contributed by atoms with Gasteiger partial charge in [-0.15, -0.1) is 11.3 Å². The van der Waals surface area contributed by atoms with Gasteiger partial charge in [0.15, 0.2) is 5.82 Å². The molecule has 5 aromatic rings. The maximum absolute atomic E-state index is 17.1. The first kappa shape index (κ1) is 35.9. The highest BCUT2D eigenvalue weighted by Gasteiger charge is 2.49. The van der Waals surface area contributed by atoms with Crippen molar-refractivity contribution in [2.75, 3.05) is 43.4 Å². The Hall–Kier alpha value is -5.14. The molecule has 5 heterocycles. The van der Waals surface area contributed by atoms with E-state index in [1.165, 1.54) is 0 Å². The van der Waals surface area contributed by atoms with Gasteiger partial charge in [-0.05, 0) is 62.1 Å². The first-order valence-electron chi connectivity index (χ1n) is 17.4. The summed E-state index contributed by atoms with van der Waals surface area (Å²) in [6.07, 6.45) is -3.96. The number of esters is 1. The van der Waals surface area contributed by atoms with Crippen molar-refractivity contribution in [1.82, 2.24) is 14.9 Å². The number of para-hydroxylation sites is 1. The SMILES string of the molecule is N#Cc1c(N)sc2c(F)ccc(-c3c(C(F)(F)F)cc4c(N5CCC(C(=O)Oc6ccccc6)CC5)nc(OC[C@@]56CCCN5C[C@H](F)C6)nc4c3F)c12. The number of nitrogens with zero attached hydrogens (tertiary/aromatic N) is 5. The number of benzene rings is 3. The smallest absolute Gasteiger partial charge is 0.417 e. The van der Waals surface area contributed by atoms with Crippen LogP contribution in [0.5, 0.6) is 11.8 Å². The summed E-state index contributed by atoms with van der Waals surface area (Å²) in [5.74, 6) is -2.85. The van der Waals surface area contributed by atoms with E-state index >= 15 is 17.6 Å². The second-order valence-corrected chi connectivity index (χ2v) is 15.0. The number of fused-ring (bicyclic) bond motifs is 3. The van der Waals surface area contributed by atoms with Crippen LogP contribution in [0, 0.1) is 28.9 Å². The van der Waals surface area contributed by atoms with E-state index in [4.69, 9.17) is 15.2 Å². The summed E-state index contributed by atoms with van der Waals surface area (Å²) in [5.41, 5.74) is 1.83. The number of hydrogen-bond acceptors (Lipinski definition) is 10. The third-order valence-electron chi connectivity index (χ3n) is 10.7. The van der Waals surface area contributed by atoms with Crippen molar-refractivity contribution in [1.29, 1.82) is 5.26 Å². The third-order valence-corrected chi connectivity index (χ3v) is 11.7. The zero-order valence-corrected chi connectivity index (χ0v) is 29.4. The molecule has 8 rings (SSSR count). The topological polar surface area (TPSA) is 118 Å². The predicted molar refractivity (Wildman–Crippen MR) is 190 cm³/mol. The molecule has 3 aromatic carbocycles. The number of thiophene rings is 1. The van der Waals surface area contributed by atoms with Gasteiger partial charge in [-0.3, -0.25) is 9.69 Å². The molecule has 9 nitrogen and oxygen atoms in total. The second-order valence-electron chi connectivity index (χ2n) is 13.9. The number of carbonyl (C=O) groups is 1. The molecule has 3 aliphatic heterocycles. The molecule has 2 N–H and O–H groups in total. The van der Waals surface area contributed by atoms with Crippen molar-refractivity contribution in [2.24, 2.45) is 5.92 Å². The minimum Gasteiger partial charge on any atom is -0.461 e. The molecule has 54 heavy (non-hydrogen) atoms. The average Bonchev–Trinajstić information content (AvgIpc) is 3.80. The molecule has 0 unspecified atom stereocenters. The lowest BCUT2D eigenvalue weighted by atomic mass is 9.92. The van der Waals surface area contributed by atoms with Crippen LogP contribution in [-0.2, 0) is 11.0 Å². The first-order valence-corrected chi connectivity index (χ1v) is 18.2. The molecule has 16 heteroatoms. The van der Waals surface area contributed by atoms with E-state index in [9.17, 15) is 18.8 Å². The standard InChI is InChI=1S/C38H32F6N6O3S/c39-21-16-37(11-4-12-50(37)18-21)19-52-36-47-31-24(34(48-36)49-13-9-20(10-14-49)35(51)53-22-5-2-1-3-6-22)15-26(38(42,43)44)29(30(31)41)23-7-8-27(40)32-28(23)25(17-45)33(46)54-32/h1-3,5-8,15,20-21H,4,9-14,16,18-19,46H2/t21-,37+/m1/s1. The lowest BCUT2D eigenvalue weighted by Gasteiger charge is -2.33. The summed E-state index contributed by atoms with van der Waals surface area (Å²) in [6.45, 7) is 1.21. The van der Waals surface area contributed by atoms with Crippen LogP contribution >= 0.6 is 11.3 Å². The number of nitrogens with two attached hydrogens (primary N) is 1. The number of alkyl halides is 4. The van der Waals surface area contributed by atoms with E-state index in [-0.39, 0.29) is 88.9 Å². The number of anilines is 2. The number of ether oxygens (including phenoxy) is 2. The molecule has 3 aliphatic rings. The number of hydrogen-bond donors (Lipinski definition) is 1. The molecule has 0 aliphatic carbocycles. The number of piperidine rings is 1. The van der Waals surface area contributed by atoms with E-state index in [1.807, 2.05) is 11.0 Å². The normalized spacial score (nSPS) is 20.8. The Bertz CT molecular complexity index is 2320. The van der Waals surface area contributed by atoms with E-state index < -0.39 is 58.1 Å². The van der Waals surface area contributed by atoms with Crippen LogP contribution < -0.4 is 20.1 Å². The molecule has 280 valence electrons. The molecular formula is C38H32F6N6O3S. The van der Waals surface area contributed by atoms with Gasteiger partial charge in [0.1, 0.15) is 46.8 Å². The number of carbonyl (C=O) groups excluding carboxylic acids is 1. The second kappa shape index (κ2) is 13.6. The average molecular weight is 767 g/mol. The Balaban J connectivity index is 1.24. The van der Waals surface area contributed by atoms with Crippen molar-refractivity contribution >= 4 is 49.1 Å². The minimum atomic E-state index is -5.13. The highest BCUT2D eigenvalue weighted by molar-refractivity contribution is 7.23. The third kappa shape index (κ3) is 6.22. The van der Waals surface area contributed by atoms with Gasteiger partial charge < -0.3 is 20.1 Å². The lowest BCUT2D eigenvalue weighted by molar-refractivity contribution is -0.139. The van der Waals surface area contributed by atoms with Crippen LogP contribution in [0.25, 0.3) is 32.1 Å². The zero-order valence-electron chi connectivity index (χ0n) is 28.6. The molecule has 0 bridgehead atoms. The number of aromatic nitrogens is 2. The molecule has 3 saturated heterocycles. The fourth-order valence-electron chi connectivity index (χ4n) is 8.15. The molecule has 3 fully saturated rings. The fraction of sp³-hybridized carbons (Fsp3) is 0.368. The van der Waals surface area contributed by atoms with Gasteiger partial charge in [0.2, 0.25) is 0 Å². The zero-order chi connectivity index (χ0) is 37.9. The van der Waals surface area contributed by atoms with Crippen LogP contribution in [0.2, 0.25) is 0 Å². The van der Waals surface area contributed by atoms with Gasteiger partial charge in [0.05, 0.1) is 27.3 Å². The molecule has 0 saturated carbocycles. The highest BCUT2D eigenvalue weighted by atomic mass is 32.1. The highest BCUT2D eigenvalue weighted by Crippen LogP contribution is 2.48. The first-order chi connectivity index (χ1) is 25.9. The molecule has 0 amide bonds. The van der Waals surface area contributed by atoms with Gasteiger partial charge in [-0.2, -0.15) is 28.4 Å². The van der Waals surface area contributed by atoms with Gasteiger partial charge in [0.25, 0.3) is 0 Å². The summed E-state index contributed by atoms with van der Waals surface area (Å²) in [7, 11) is 0. The van der Waals surface area contributed by atoms with Gasteiger partial charge in [-0.25, -0.2) is 13.2 Å². The van der Waals surface area contributed by atoms with E-state index in [0.29, 0.717) is 30.1 Å². The fourth-order valence-corrected chi connectivity index (χ4v) is 9.10. The Morgan fingerprint density at radius 2 is 1.85 bits per heavy atom. The molecular weight excluding hydrogens is 735 g/mol. The largest absolute Gasteiger partial charge is 0.461 e. The Labute approximate surface area is 308 Å². The van der Waals surface area contributed by atoms with Crippen LogP contribution in [-0.4, -0.2) is 65.3 Å². The molecule has 0 radical (unpaired) electrons. The summed E-state index contributed by atoms with van der Waals surface area (Å²) < 4.78 is 103. The summed E-state index contributed by atoms with van der Waals surface area (Å²) in [5, 5.41) is 9.20. The monoisotopic (exact) mass is 766 g/mol. The Morgan fingerprint density at radius 1 is 1.09 bits per heavy atom. The van der Waals surface area contributed by atoms with Crippen LogP contribution in [0.1, 0.15) is 43.2 Å². The quantitative estimate of drug-likeness (QED) is 0.0998. The predicted octanol–water partition coefficient (Wildman–Crippen LogP) is 8.04. The van der Waals surface area contributed by atoms with E-state index in [2.05, 4.69) is 9.97 Å². The summed E-state index contributed by atoms with van der Waals surface area (Å²) in [4.78, 5) is 25.5. The number of nitrogen functional groups attached to an aromatic ring is 1. The molecule has 2 atom stereocenters. The van der Waals surface area contributed by atoms with Crippen molar-refractivity contribution in [2.45, 2.75) is 50.0 Å². The van der Waals surface area contributed by atoms with Crippen molar-refractivity contribution < 1.29 is 40.6 Å². The Morgan fingerprint density at radius 3 is 2.57 bits per heavy atom. The number of nitriles is 1. The number of halogens is 6. The lowest BCUT2D eigenvalue weighted by Crippen LogP contribution is -2.43. The summed E-state index contributed by atoms with van der Waals surface area (Å²) in [6, 6.07) is 12.7. The maximum atomic E-state index is 17.1. The van der Waals surface area contributed by atoms with Crippen molar-refractivity contribution in [3.8, 4) is 29.0 Å². The van der Waals surface area contributed by atoms with Gasteiger partial charge in [0, 0.05) is 42.4 Å². The van der Waals surface area contributed by atoms with E-state index in [1.54, 1.807) is 35.2 Å². The maximum Gasteiger partial charge on any atom is 0.417 e. The van der Waals surface area contributed by atoms with Gasteiger partial charge >= 0.3 is 18.2 Å². The van der Waals surface area contributed by atoms with E-state index in [0.717, 1.165) is 24.6 Å².